The summed E-state index contributed by atoms with van der Waals surface area (Å²) in [5.41, 5.74) is 8.07. The monoisotopic (exact) mass is 748 g/mol. The summed E-state index contributed by atoms with van der Waals surface area (Å²) in [6.07, 6.45) is 7.46. The van der Waals surface area contributed by atoms with E-state index in [9.17, 15) is 9.59 Å². The highest BCUT2D eigenvalue weighted by Crippen LogP contribution is 2.78. The van der Waals surface area contributed by atoms with E-state index in [-0.39, 0.29) is 46.8 Å². The number of methoxy groups -OCH3 is 2. The van der Waals surface area contributed by atoms with E-state index in [0.717, 1.165) is 62.9 Å². The van der Waals surface area contributed by atoms with Crippen molar-refractivity contribution < 1.29 is 37.4 Å². The van der Waals surface area contributed by atoms with Crippen LogP contribution in [0, 0.1) is 44.6 Å². The van der Waals surface area contributed by atoms with Crippen molar-refractivity contribution in [3.8, 4) is 22.9 Å². The minimum Gasteiger partial charge on any atom is -0.500 e. The summed E-state index contributed by atoms with van der Waals surface area (Å²) in [4.78, 5) is 25.8. The molecule has 284 valence electrons. The Hall–Kier alpha value is -2.51. The van der Waals surface area contributed by atoms with Gasteiger partial charge < -0.3 is 27.8 Å². The Kier molecular flexibility index (Phi) is 8.72. The molecule has 4 saturated carbocycles. The Morgan fingerprint density at radius 1 is 0.596 bits per heavy atom. The molecule has 0 radical (unpaired) electrons. The fourth-order valence-corrected chi connectivity index (χ4v) is 19.8. The Morgan fingerprint density at radius 2 is 0.942 bits per heavy atom. The minimum absolute atomic E-state index is 0.226. The van der Waals surface area contributed by atoms with Gasteiger partial charge in [-0.2, -0.15) is 0 Å². The number of hydrogen-bond donors (Lipinski definition) is 0. The van der Waals surface area contributed by atoms with Crippen molar-refractivity contribution in [1.29, 1.82) is 0 Å². The van der Waals surface area contributed by atoms with Crippen molar-refractivity contribution in [3.05, 3.63) is 22.7 Å². The molecule has 4 aliphatic heterocycles. The summed E-state index contributed by atoms with van der Waals surface area (Å²) >= 11 is 0. The minimum atomic E-state index is -2.36. The third-order valence-electron chi connectivity index (χ3n) is 15.2. The molecule has 4 fully saturated rings. The zero-order chi connectivity index (χ0) is 37.9. The average molecular weight is 749 g/mol. The zero-order valence-corrected chi connectivity index (χ0v) is 35.6. The molecular formula is C42H60O8Si2. The largest absolute Gasteiger partial charge is 0.500 e. The molecule has 8 aliphatic rings. The van der Waals surface area contributed by atoms with Gasteiger partial charge in [-0.25, -0.2) is 9.59 Å². The first-order valence-corrected chi connectivity index (χ1v) is 23.9. The molecule has 10 heteroatoms. The van der Waals surface area contributed by atoms with E-state index < -0.39 is 27.8 Å². The highest BCUT2D eigenvalue weighted by Gasteiger charge is 2.81. The summed E-state index contributed by atoms with van der Waals surface area (Å²) in [7, 11) is -1.34. The van der Waals surface area contributed by atoms with Crippen LogP contribution in [0.2, 0.25) is 22.2 Å². The van der Waals surface area contributed by atoms with Crippen molar-refractivity contribution in [1.82, 2.24) is 0 Å². The third kappa shape index (κ3) is 4.36. The van der Waals surface area contributed by atoms with Crippen molar-refractivity contribution in [2.24, 2.45) is 21.7 Å². The fraction of sp³-hybridized carbons (Fsp3) is 0.762. The Morgan fingerprint density at radius 3 is 1.25 bits per heavy atom. The van der Waals surface area contributed by atoms with E-state index in [2.05, 4.69) is 92.2 Å². The first-order valence-electron chi connectivity index (χ1n) is 19.7. The summed E-state index contributed by atoms with van der Waals surface area (Å²) < 4.78 is 37.1. The number of ether oxygens (including phenoxy) is 4. The normalized spacial score (nSPS) is 39.9. The summed E-state index contributed by atoms with van der Waals surface area (Å²) in [5.74, 6) is 8.48. The van der Waals surface area contributed by atoms with Crippen LogP contribution in [0.15, 0.2) is 22.7 Å². The van der Waals surface area contributed by atoms with Crippen LogP contribution in [0.4, 0.5) is 0 Å². The van der Waals surface area contributed by atoms with Crippen LogP contribution in [0.5, 0.6) is 0 Å². The van der Waals surface area contributed by atoms with Crippen LogP contribution in [0.3, 0.4) is 0 Å². The maximum absolute atomic E-state index is 12.9. The van der Waals surface area contributed by atoms with E-state index in [1.807, 2.05) is 0 Å². The van der Waals surface area contributed by atoms with Gasteiger partial charge in [-0.15, -0.1) is 0 Å². The molecule has 52 heavy (non-hydrogen) atoms. The molecule has 0 saturated heterocycles. The molecule has 0 amide bonds. The van der Waals surface area contributed by atoms with Gasteiger partial charge in [0.2, 0.25) is 0 Å². The maximum Gasteiger partial charge on any atom is 0.340 e. The summed E-state index contributed by atoms with van der Waals surface area (Å²) in [5, 5.41) is 0. The lowest BCUT2D eigenvalue weighted by Crippen LogP contribution is -2.70. The predicted molar refractivity (Wildman–Crippen MR) is 203 cm³/mol. The highest BCUT2D eigenvalue weighted by molar-refractivity contribution is 6.84. The van der Waals surface area contributed by atoms with Crippen LogP contribution < -0.4 is 0 Å². The average Bonchev–Trinajstić information content (AvgIpc) is 3.57. The summed E-state index contributed by atoms with van der Waals surface area (Å²) in [6.45, 7) is 22.6. The first-order chi connectivity index (χ1) is 24.4. The first kappa shape index (κ1) is 37.8. The van der Waals surface area contributed by atoms with Gasteiger partial charge >= 0.3 is 11.9 Å². The van der Waals surface area contributed by atoms with E-state index in [4.69, 9.17) is 27.8 Å². The van der Waals surface area contributed by atoms with Crippen LogP contribution in [0.25, 0.3) is 0 Å². The van der Waals surface area contributed by atoms with Crippen molar-refractivity contribution in [2.75, 3.05) is 27.4 Å². The number of carbonyl (C=O) groups is 2. The molecule has 2 spiro atoms. The molecule has 4 bridgehead atoms. The van der Waals surface area contributed by atoms with Gasteiger partial charge in [0, 0.05) is 23.7 Å². The zero-order valence-electron chi connectivity index (χ0n) is 33.6. The topological polar surface area (TPSA) is 89.5 Å². The maximum atomic E-state index is 12.9. The fourth-order valence-electron chi connectivity index (χ4n) is 12.7. The smallest absolute Gasteiger partial charge is 0.340 e. The molecule has 6 atom stereocenters. The van der Waals surface area contributed by atoms with Crippen molar-refractivity contribution >= 4 is 28.6 Å². The second-order valence-corrected chi connectivity index (χ2v) is 27.5. The number of esters is 2. The van der Waals surface area contributed by atoms with E-state index >= 15 is 0 Å². The SMILES string of the molecule is COC1=C2CO[Si](C(C)C)(C(C)C)C#C[C@]3(C)C[C@]4(CCC[C@]143)OC2=O.COC1=C2CO[Si](C(C)C)(C(C)C)C#C[C@]3(C)C[C@]4(CCC[C@]143)OC2=O. The highest BCUT2D eigenvalue weighted by atomic mass is 28.4. The summed E-state index contributed by atoms with van der Waals surface area (Å²) in [6, 6.07) is 0. The molecule has 0 aromatic heterocycles. The Labute approximate surface area is 313 Å². The van der Waals surface area contributed by atoms with E-state index in [1.54, 1.807) is 14.2 Å². The lowest BCUT2D eigenvalue weighted by atomic mass is 9.41. The third-order valence-corrected chi connectivity index (χ3v) is 24.3. The van der Waals surface area contributed by atoms with Gasteiger partial charge in [-0.1, -0.05) is 78.3 Å². The molecule has 8 nitrogen and oxygen atoms in total. The molecule has 0 unspecified atom stereocenters. The molecule has 0 aromatic rings. The molecule has 0 aromatic carbocycles. The van der Waals surface area contributed by atoms with Crippen LogP contribution in [0.1, 0.15) is 121 Å². The molecule has 8 rings (SSSR count). The van der Waals surface area contributed by atoms with E-state index in [1.165, 1.54) is 0 Å². The van der Waals surface area contributed by atoms with Gasteiger partial charge in [0.25, 0.3) is 16.6 Å². The van der Waals surface area contributed by atoms with Gasteiger partial charge in [-0.05, 0) is 74.5 Å². The quantitative estimate of drug-likeness (QED) is 0.153. The van der Waals surface area contributed by atoms with Crippen LogP contribution in [-0.4, -0.2) is 67.2 Å². The van der Waals surface area contributed by atoms with Crippen molar-refractivity contribution in [3.63, 3.8) is 0 Å². The molecular weight excluding hydrogens is 689 g/mol. The van der Waals surface area contributed by atoms with Crippen LogP contribution in [-0.2, 0) is 37.4 Å². The number of hydrogen-bond acceptors (Lipinski definition) is 8. The van der Waals surface area contributed by atoms with Gasteiger partial charge in [0.05, 0.1) is 49.4 Å². The number of rotatable bonds is 6. The lowest BCUT2D eigenvalue weighted by Gasteiger charge is -2.66. The number of carbonyl (C=O) groups excluding carboxylic acids is 2. The van der Waals surface area contributed by atoms with Gasteiger partial charge in [0.15, 0.2) is 0 Å². The van der Waals surface area contributed by atoms with Gasteiger partial charge in [0.1, 0.15) is 22.7 Å². The molecule has 4 aliphatic carbocycles. The predicted octanol–water partition coefficient (Wildman–Crippen LogP) is 8.20. The standard InChI is InChI=1S/2C21H30O4Si/c2*1-14(2)26(15(3)4)11-10-19(5)13-20-8-7-9-21(19,20)17(23-6)16(12-24-26)18(22)25-20/h2*14-15H,7-9,12-13H2,1-6H3/t2*19-,20+,21-/m11/s1. The van der Waals surface area contributed by atoms with Gasteiger partial charge in [-0.3, -0.25) is 0 Å². The Balaban J connectivity index is 0.000000162. The van der Waals surface area contributed by atoms with E-state index in [0.29, 0.717) is 33.3 Å². The second-order valence-electron chi connectivity index (χ2n) is 18.6. The van der Waals surface area contributed by atoms with Crippen LogP contribution >= 0.6 is 0 Å². The Bertz CT molecular complexity index is 1630. The van der Waals surface area contributed by atoms with Crippen molar-refractivity contribution in [2.45, 2.75) is 154 Å². The molecule has 0 N–H and O–H groups in total. The second kappa shape index (κ2) is 12.0. The lowest BCUT2D eigenvalue weighted by molar-refractivity contribution is -0.244. The molecule has 4 heterocycles.